The molecular formula is C13H12N2O2S. The molecule has 0 unspecified atom stereocenters. The summed E-state index contributed by atoms with van der Waals surface area (Å²) in [7, 11) is 0. The number of carbonyl (C=O) groups excluding carboxylic acids is 1. The second kappa shape index (κ2) is 6.07. The molecule has 0 aliphatic heterocycles. The number of hydrazone groups is 1. The van der Waals surface area contributed by atoms with Crippen LogP contribution in [0.2, 0.25) is 0 Å². The summed E-state index contributed by atoms with van der Waals surface area (Å²) in [5.74, 6) is 0.388. The molecule has 0 aliphatic carbocycles. The summed E-state index contributed by atoms with van der Waals surface area (Å²) in [5, 5.41) is 4.52. The molecule has 1 N–H and O–H groups in total. The van der Waals surface area contributed by atoms with E-state index in [1.54, 1.807) is 6.07 Å². The van der Waals surface area contributed by atoms with Crippen molar-refractivity contribution in [3.8, 4) is 0 Å². The zero-order chi connectivity index (χ0) is 12.8. The normalized spacial score (nSPS) is 10.7. The Morgan fingerprint density at radius 2 is 2.06 bits per heavy atom. The van der Waals surface area contributed by atoms with Crippen LogP contribution >= 0.6 is 11.8 Å². The van der Waals surface area contributed by atoms with Crippen molar-refractivity contribution >= 4 is 23.9 Å². The average molecular weight is 260 g/mol. The van der Waals surface area contributed by atoms with Crippen molar-refractivity contribution in [1.29, 1.82) is 0 Å². The molecule has 0 bridgehead atoms. The predicted molar refractivity (Wildman–Crippen MR) is 70.7 cm³/mol. The van der Waals surface area contributed by atoms with Crippen LogP contribution in [0.1, 0.15) is 12.7 Å². The maximum absolute atomic E-state index is 10.6. The molecular weight excluding hydrogens is 248 g/mol. The summed E-state index contributed by atoms with van der Waals surface area (Å²) in [6.07, 6.45) is 1.47. The Hall–Kier alpha value is -2.01. The highest BCUT2D eigenvalue weighted by atomic mass is 32.2. The fourth-order valence-corrected chi connectivity index (χ4v) is 2.05. The highest BCUT2D eigenvalue weighted by Crippen LogP contribution is 2.28. The zero-order valence-corrected chi connectivity index (χ0v) is 10.6. The van der Waals surface area contributed by atoms with E-state index in [9.17, 15) is 4.79 Å². The van der Waals surface area contributed by atoms with E-state index in [0.29, 0.717) is 5.76 Å². The van der Waals surface area contributed by atoms with Crippen molar-refractivity contribution in [2.24, 2.45) is 5.10 Å². The number of nitrogens with one attached hydrogen (secondary N) is 1. The minimum absolute atomic E-state index is 0.211. The molecule has 4 nitrogen and oxygen atoms in total. The van der Waals surface area contributed by atoms with Gasteiger partial charge in [0.25, 0.3) is 0 Å². The van der Waals surface area contributed by atoms with Gasteiger partial charge in [-0.3, -0.25) is 4.79 Å². The van der Waals surface area contributed by atoms with E-state index in [2.05, 4.69) is 10.5 Å². The van der Waals surface area contributed by atoms with Crippen LogP contribution in [-0.2, 0) is 4.79 Å². The Labute approximate surface area is 109 Å². The lowest BCUT2D eigenvalue weighted by Crippen LogP contribution is -2.12. The lowest BCUT2D eigenvalue weighted by Gasteiger charge is -1.95. The quantitative estimate of drug-likeness (QED) is 0.679. The first-order chi connectivity index (χ1) is 8.74. The Kier molecular flexibility index (Phi) is 4.20. The van der Waals surface area contributed by atoms with E-state index in [4.69, 9.17) is 4.42 Å². The van der Waals surface area contributed by atoms with Gasteiger partial charge in [0.1, 0.15) is 5.76 Å². The third-order valence-corrected chi connectivity index (χ3v) is 2.91. The molecule has 0 fully saturated rings. The molecule has 1 amide bonds. The van der Waals surface area contributed by atoms with Gasteiger partial charge in [0.15, 0.2) is 5.09 Å². The fourth-order valence-electron chi connectivity index (χ4n) is 1.25. The van der Waals surface area contributed by atoms with Crippen molar-refractivity contribution in [3.63, 3.8) is 0 Å². The Bertz CT molecular complexity index is 549. The highest BCUT2D eigenvalue weighted by molar-refractivity contribution is 7.99. The van der Waals surface area contributed by atoms with E-state index in [0.717, 1.165) is 9.99 Å². The largest absolute Gasteiger partial charge is 0.448 e. The van der Waals surface area contributed by atoms with Crippen LogP contribution in [0.4, 0.5) is 0 Å². The molecule has 1 aromatic carbocycles. The van der Waals surface area contributed by atoms with Crippen LogP contribution in [0.15, 0.2) is 62.0 Å². The first kappa shape index (κ1) is 12.4. The first-order valence-electron chi connectivity index (χ1n) is 5.36. The van der Waals surface area contributed by atoms with Gasteiger partial charge in [-0.05, 0) is 24.3 Å². The van der Waals surface area contributed by atoms with Crippen molar-refractivity contribution in [1.82, 2.24) is 5.43 Å². The van der Waals surface area contributed by atoms with Gasteiger partial charge in [-0.15, -0.1) is 0 Å². The van der Waals surface area contributed by atoms with E-state index in [-0.39, 0.29) is 5.91 Å². The first-order valence-corrected chi connectivity index (χ1v) is 6.18. The van der Waals surface area contributed by atoms with Crippen molar-refractivity contribution in [2.45, 2.75) is 16.9 Å². The van der Waals surface area contributed by atoms with Crippen LogP contribution in [-0.4, -0.2) is 12.1 Å². The molecule has 1 aromatic heterocycles. The third-order valence-electron chi connectivity index (χ3n) is 1.98. The van der Waals surface area contributed by atoms with Gasteiger partial charge in [0, 0.05) is 11.8 Å². The number of nitrogens with zero attached hydrogens (tertiary/aromatic N) is 1. The molecule has 0 spiro atoms. The van der Waals surface area contributed by atoms with Crippen LogP contribution in [0.25, 0.3) is 0 Å². The maximum atomic E-state index is 10.6. The van der Waals surface area contributed by atoms with Gasteiger partial charge >= 0.3 is 0 Å². The molecule has 0 saturated heterocycles. The van der Waals surface area contributed by atoms with Gasteiger partial charge in [-0.25, -0.2) is 5.43 Å². The summed E-state index contributed by atoms with van der Waals surface area (Å²) >= 11 is 1.53. The van der Waals surface area contributed by atoms with E-state index in [1.165, 1.54) is 24.9 Å². The number of carbonyl (C=O) groups is 1. The summed E-state index contributed by atoms with van der Waals surface area (Å²) in [6.45, 7) is 1.40. The molecule has 18 heavy (non-hydrogen) atoms. The van der Waals surface area contributed by atoms with E-state index < -0.39 is 0 Å². The van der Waals surface area contributed by atoms with Crippen LogP contribution in [0.3, 0.4) is 0 Å². The smallest absolute Gasteiger partial charge is 0.236 e. The number of benzene rings is 1. The summed E-state index contributed by atoms with van der Waals surface area (Å²) in [4.78, 5) is 11.7. The Balaban J connectivity index is 1.98. The number of amides is 1. The minimum atomic E-state index is -0.211. The number of furan rings is 1. The average Bonchev–Trinajstić information content (AvgIpc) is 2.78. The molecule has 2 rings (SSSR count). The molecule has 92 valence electrons. The van der Waals surface area contributed by atoms with Crippen LogP contribution in [0.5, 0.6) is 0 Å². The molecule has 2 aromatic rings. The summed E-state index contributed by atoms with van der Waals surface area (Å²) in [5.41, 5.74) is 2.32. The van der Waals surface area contributed by atoms with Crippen LogP contribution < -0.4 is 5.43 Å². The van der Waals surface area contributed by atoms with Crippen molar-refractivity contribution < 1.29 is 9.21 Å². The van der Waals surface area contributed by atoms with Gasteiger partial charge in [-0.2, -0.15) is 5.10 Å². The Morgan fingerprint density at radius 1 is 1.28 bits per heavy atom. The SMILES string of the molecule is CC(=O)NN=Cc1ccc(Sc2ccccc2)o1. The molecule has 0 radical (unpaired) electrons. The third kappa shape index (κ3) is 3.78. The van der Waals surface area contributed by atoms with Gasteiger partial charge in [0.05, 0.1) is 6.21 Å². The lowest BCUT2D eigenvalue weighted by molar-refractivity contribution is -0.118. The van der Waals surface area contributed by atoms with Crippen molar-refractivity contribution in [2.75, 3.05) is 0 Å². The summed E-state index contributed by atoms with van der Waals surface area (Å²) in [6, 6.07) is 13.6. The number of rotatable bonds is 4. The van der Waals surface area contributed by atoms with Gasteiger partial charge < -0.3 is 4.42 Å². The van der Waals surface area contributed by atoms with Gasteiger partial charge in [0.2, 0.25) is 5.91 Å². The van der Waals surface area contributed by atoms with E-state index >= 15 is 0 Å². The second-order valence-electron chi connectivity index (χ2n) is 3.50. The molecule has 5 heteroatoms. The molecule has 1 heterocycles. The standard InChI is InChI=1S/C13H12N2O2S/c1-10(16)15-14-9-11-7-8-13(17-11)18-12-5-3-2-4-6-12/h2-9H,1H3,(H,15,16). The maximum Gasteiger partial charge on any atom is 0.236 e. The zero-order valence-electron chi connectivity index (χ0n) is 9.79. The van der Waals surface area contributed by atoms with E-state index in [1.807, 2.05) is 36.4 Å². The predicted octanol–water partition coefficient (Wildman–Crippen LogP) is 2.90. The topological polar surface area (TPSA) is 54.6 Å². The molecule has 0 saturated carbocycles. The lowest BCUT2D eigenvalue weighted by atomic mass is 10.4. The minimum Gasteiger partial charge on any atom is -0.448 e. The fraction of sp³-hybridized carbons (Fsp3) is 0.0769. The summed E-state index contributed by atoms with van der Waals surface area (Å²) < 4.78 is 5.53. The number of hydrogen-bond acceptors (Lipinski definition) is 4. The highest BCUT2D eigenvalue weighted by Gasteiger charge is 2.02. The monoisotopic (exact) mass is 260 g/mol. The van der Waals surface area contributed by atoms with Crippen LogP contribution in [0, 0.1) is 0 Å². The Morgan fingerprint density at radius 3 is 2.78 bits per heavy atom. The second-order valence-corrected chi connectivity index (χ2v) is 4.58. The van der Waals surface area contributed by atoms with Crippen molar-refractivity contribution in [3.05, 3.63) is 48.2 Å². The number of hydrogen-bond donors (Lipinski definition) is 1. The molecule has 0 aliphatic rings. The van der Waals surface area contributed by atoms with Gasteiger partial charge in [-0.1, -0.05) is 30.0 Å². The molecule has 0 atom stereocenters.